The van der Waals surface area contributed by atoms with Gasteiger partial charge in [0.05, 0.1) is 16.7 Å². The summed E-state index contributed by atoms with van der Waals surface area (Å²) in [5.74, 6) is 0.602. The molecule has 5 nitrogen and oxygen atoms in total. The van der Waals surface area contributed by atoms with Crippen molar-refractivity contribution in [3.63, 3.8) is 0 Å². The molecule has 2 saturated heterocycles. The van der Waals surface area contributed by atoms with Crippen molar-refractivity contribution < 1.29 is 26.3 Å². The monoisotopic (exact) mass is 412 g/mol. The van der Waals surface area contributed by atoms with Crippen LogP contribution in [0, 0.1) is 0 Å². The summed E-state index contributed by atoms with van der Waals surface area (Å²) in [6.45, 7) is 0. The first-order valence-corrected chi connectivity index (χ1v) is 10.5. The van der Waals surface area contributed by atoms with Gasteiger partial charge in [0.1, 0.15) is 11.9 Å². The molecule has 2 bridgehead atoms. The second-order valence-corrected chi connectivity index (χ2v) is 8.93. The molecule has 0 N–H and O–H groups in total. The summed E-state index contributed by atoms with van der Waals surface area (Å²) in [4.78, 5) is 3.32. The van der Waals surface area contributed by atoms with Gasteiger partial charge in [0.15, 0.2) is 0 Å². The third kappa shape index (κ3) is 3.48. The maximum absolute atomic E-state index is 13.4. The Kier molecular flexibility index (Phi) is 4.83. The van der Waals surface area contributed by atoms with Crippen LogP contribution in [-0.4, -0.2) is 35.9 Å². The van der Waals surface area contributed by atoms with E-state index in [0.717, 1.165) is 12.1 Å². The van der Waals surface area contributed by atoms with Crippen LogP contribution in [0.3, 0.4) is 0 Å². The van der Waals surface area contributed by atoms with Crippen molar-refractivity contribution in [2.24, 2.45) is 0 Å². The van der Waals surface area contributed by atoms with Gasteiger partial charge >= 0.3 is 6.18 Å². The Bertz CT molecular complexity index is 936. The highest BCUT2D eigenvalue weighted by molar-refractivity contribution is 7.89. The van der Waals surface area contributed by atoms with Gasteiger partial charge in [-0.2, -0.15) is 17.5 Å². The van der Waals surface area contributed by atoms with E-state index in [1.165, 1.54) is 16.4 Å². The summed E-state index contributed by atoms with van der Waals surface area (Å²) < 4.78 is 73.6. The molecular weight excluding hydrogens is 393 g/mol. The Hall–Kier alpha value is -2.13. The fourth-order valence-electron chi connectivity index (χ4n) is 4.22. The average molecular weight is 412 g/mol. The Balaban J connectivity index is 1.60. The minimum atomic E-state index is -4.73. The number of piperidine rings is 1. The second kappa shape index (κ2) is 7.04. The SMILES string of the molecule is O=S(=O)(c1ccccc1C(F)(F)F)N1C2CCC1CC(Oc1cccnc1)C2. The van der Waals surface area contributed by atoms with Gasteiger partial charge in [0.25, 0.3) is 0 Å². The Morgan fingerprint density at radius 3 is 2.32 bits per heavy atom. The van der Waals surface area contributed by atoms with Crippen molar-refractivity contribution in [3.05, 3.63) is 54.4 Å². The van der Waals surface area contributed by atoms with Crippen molar-refractivity contribution in [2.45, 2.75) is 54.9 Å². The van der Waals surface area contributed by atoms with Crippen LogP contribution in [0.4, 0.5) is 13.2 Å². The van der Waals surface area contributed by atoms with Gasteiger partial charge in [-0.15, -0.1) is 0 Å². The standard InChI is InChI=1S/C19H19F3N2O3S/c20-19(21,22)17-5-1-2-6-18(17)28(25,26)24-13-7-8-14(24)11-16(10-13)27-15-4-3-9-23-12-15/h1-6,9,12-14,16H,7-8,10-11H2. The van der Waals surface area contributed by atoms with E-state index in [1.807, 2.05) is 0 Å². The molecule has 2 aromatic rings. The fraction of sp³-hybridized carbons (Fsp3) is 0.421. The molecule has 2 aliphatic rings. The number of nitrogens with zero attached hydrogens (tertiary/aromatic N) is 2. The molecule has 28 heavy (non-hydrogen) atoms. The lowest BCUT2D eigenvalue weighted by Gasteiger charge is -2.38. The van der Waals surface area contributed by atoms with Crippen LogP contribution >= 0.6 is 0 Å². The fourth-order valence-corrected chi connectivity index (χ4v) is 6.33. The Labute approximate surface area is 161 Å². The number of sulfonamides is 1. The van der Waals surface area contributed by atoms with Crippen LogP contribution in [0.2, 0.25) is 0 Å². The number of alkyl halides is 3. The molecule has 150 valence electrons. The number of fused-ring (bicyclic) bond motifs is 2. The van der Waals surface area contributed by atoms with E-state index >= 15 is 0 Å². The van der Waals surface area contributed by atoms with Crippen LogP contribution < -0.4 is 4.74 Å². The first-order chi connectivity index (χ1) is 13.3. The Morgan fingerprint density at radius 1 is 1.04 bits per heavy atom. The van der Waals surface area contributed by atoms with Crippen LogP contribution in [0.15, 0.2) is 53.7 Å². The largest absolute Gasteiger partial charge is 0.489 e. The minimum absolute atomic E-state index is 0.189. The number of halogens is 3. The van der Waals surface area contributed by atoms with Crippen molar-refractivity contribution in [1.82, 2.24) is 9.29 Å². The number of pyridine rings is 1. The lowest BCUT2D eigenvalue weighted by atomic mass is 10.0. The van der Waals surface area contributed by atoms with Crippen molar-refractivity contribution in [3.8, 4) is 5.75 Å². The van der Waals surface area contributed by atoms with E-state index in [2.05, 4.69) is 4.98 Å². The van der Waals surface area contributed by atoms with Crippen molar-refractivity contribution in [1.29, 1.82) is 0 Å². The predicted molar refractivity (Wildman–Crippen MR) is 95.2 cm³/mol. The van der Waals surface area contributed by atoms with Gasteiger partial charge in [-0.05, 0) is 37.1 Å². The maximum Gasteiger partial charge on any atom is 0.417 e. The molecule has 0 amide bonds. The smallest absolute Gasteiger partial charge is 0.417 e. The molecule has 2 aliphatic heterocycles. The van der Waals surface area contributed by atoms with Gasteiger partial charge in [0, 0.05) is 31.1 Å². The van der Waals surface area contributed by atoms with Crippen molar-refractivity contribution >= 4 is 10.0 Å². The summed E-state index contributed by atoms with van der Waals surface area (Å²) in [6.07, 6.45) is 0.415. The van der Waals surface area contributed by atoms with Gasteiger partial charge < -0.3 is 4.74 Å². The lowest BCUT2D eigenvalue weighted by molar-refractivity contribution is -0.140. The topological polar surface area (TPSA) is 59.5 Å². The zero-order valence-corrected chi connectivity index (χ0v) is 15.7. The predicted octanol–water partition coefficient (Wildman–Crippen LogP) is 3.86. The van der Waals surface area contributed by atoms with Crippen LogP contribution in [0.5, 0.6) is 5.75 Å². The molecule has 2 atom stereocenters. The molecule has 0 radical (unpaired) electrons. The first-order valence-electron chi connectivity index (χ1n) is 9.03. The van der Waals surface area contributed by atoms with E-state index in [4.69, 9.17) is 4.74 Å². The van der Waals surface area contributed by atoms with Crippen molar-refractivity contribution in [2.75, 3.05) is 0 Å². The molecule has 3 heterocycles. The summed E-state index contributed by atoms with van der Waals surface area (Å²) in [5, 5.41) is 0. The minimum Gasteiger partial charge on any atom is -0.489 e. The number of rotatable bonds is 4. The second-order valence-electron chi connectivity index (χ2n) is 7.11. The molecule has 2 unspecified atom stereocenters. The van der Waals surface area contributed by atoms with Gasteiger partial charge in [-0.25, -0.2) is 8.42 Å². The molecule has 4 rings (SSSR count). The normalized spacial score (nSPS) is 25.6. The van der Waals surface area contributed by atoms with E-state index < -0.39 is 26.7 Å². The number of benzene rings is 1. The van der Waals surface area contributed by atoms with E-state index in [1.54, 1.807) is 24.5 Å². The molecule has 0 saturated carbocycles. The van der Waals surface area contributed by atoms with E-state index in [0.29, 0.717) is 31.4 Å². The molecule has 2 fully saturated rings. The molecule has 1 aromatic carbocycles. The van der Waals surface area contributed by atoms with Gasteiger partial charge in [0.2, 0.25) is 10.0 Å². The molecule has 1 aromatic heterocycles. The molecular formula is C19H19F3N2O3S. The molecule has 0 aliphatic carbocycles. The summed E-state index contributed by atoms with van der Waals surface area (Å²) in [5.41, 5.74) is -1.12. The number of hydrogen-bond donors (Lipinski definition) is 0. The maximum atomic E-state index is 13.4. The van der Waals surface area contributed by atoms with E-state index in [9.17, 15) is 21.6 Å². The zero-order chi connectivity index (χ0) is 19.9. The van der Waals surface area contributed by atoms with Gasteiger partial charge in [-0.1, -0.05) is 12.1 Å². The number of aromatic nitrogens is 1. The molecule has 9 heteroatoms. The van der Waals surface area contributed by atoms with E-state index in [-0.39, 0.29) is 18.2 Å². The average Bonchev–Trinajstić information content (AvgIpc) is 2.94. The molecule has 0 spiro atoms. The van der Waals surface area contributed by atoms with Crippen LogP contribution in [-0.2, 0) is 16.2 Å². The highest BCUT2D eigenvalue weighted by Gasteiger charge is 2.49. The zero-order valence-electron chi connectivity index (χ0n) is 14.8. The van der Waals surface area contributed by atoms with Crippen LogP contribution in [0.1, 0.15) is 31.2 Å². The summed E-state index contributed by atoms with van der Waals surface area (Å²) >= 11 is 0. The summed E-state index contributed by atoms with van der Waals surface area (Å²) in [7, 11) is -4.26. The summed E-state index contributed by atoms with van der Waals surface area (Å²) in [6, 6.07) is 7.16. The lowest BCUT2D eigenvalue weighted by Crippen LogP contribution is -2.49. The first kappa shape index (κ1) is 19.2. The van der Waals surface area contributed by atoms with Gasteiger partial charge in [-0.3, -0.25) is 4.98 Å². The third-order valence-corrected chi connectivity index (χ3v) is 7.37. The third-order valence-electron chi connectivity index (χ3n) is 5.31. The number of hydrogen-bond acceptors (Lipinski definition) is 4. The number of ether oxygens (including phenoxy) is 1. The highest BCUT2D eigenvalue weighted by Crippen LogP contribution is 2.43. The highest BCUT2D eigenvalue weighted by atomic mass is 32.2. The Morgan fingerprint density at radius 2 is 1.71 bits per heavy atom. The van der Waals surface area contributed by atoms with Crippen LogP contribution in [0.25, 0.3) is 0 Å². The quantitative estimate of drug-likeness (QED) is 0.765.